The van der Waals surface area contributed by atoms with Crippen LogP contribution in [0.5, 0.6) is 11.5 Å². The predicted octanol–water partition coefficient (Wildman–Crippen LogP) is 4.82. The van der Waals surface area contributed by atoms with E-state index in [-0.39, 0.29) is 18.3 Å². The maximum atomic E-state index is 12.2. The Morgan fingerprint density at radius 3 is 2.28 bits per heavy atom. The Kier molecular flexibility index (Phi) is 6.97. The molecule has 3 rings (SSSR count). The van der Waals surface area contributed by atoms with Crippen molar-refractivity contribution in [1.29, 1.82) is 0 Å². The van der Waals surface area contributed by atoms with E-state index in [1.54, 1.807) is 24.3 Å². The number of nitrogens with one attached hydrogen (secondary N) is 1. The standard InChI is InChI=1S/C22H22N2O4S/c1-3-13-27-17-9-11-18(12-10-17)28-14-19(26)23-22-24-20(21(29-22)15(2)25)16-7-5-4-6-8-16/h4-12H,3,13-14H2,1-2H3,(H,23,24,26). The molecule has 150 valence electrons. The number of amides is 1. The summed E-state index contributed by atoms with van der Waals surface area (Å²) in [6.07, 6.45) is 0.937. The SMILES string of the molecule is CCCOc1ccc(OCC(=O)Nc2nc(-c3ccccc3)c(C(C)=O)s2)cc1. The number of ether oxygens (including phenoxy) is 2. The summed E-state index contributed by atoms with van der Waals surface area (Å²) < 4.78 is 11.0. The molecule has 1 N–H and O–H groups in total. The van der Waals surface area contributed by atoms with Crippen molar-refractivity contribution in [3.63, 3.8) is 0 Å². The maximum absolute atomic E-state index is 12.2. The highest BCUT2D eigenvalue weighted by Crippen LogP contribution is 2.31. The van der Waals surface area contributed by atoms with Gasteiger partial charge in [-0.25, -0.2) is 4.98 Å². The highest BCUT2D eigenvalue weighted by atomic mass is 32.1. The molecule has 0 unspecified atom stereocenters. The van der Waals surface area contributed by atoms with Crippen molar-refractivity contribution in [2.45, 2.75) is 20.3 Å². The minimum Gasteiger partial charge on any atom is -0.494 e. The number of benzene rings is 2. The molecule has 2 aromatic carbocycles. The van der Waals surface area contributed by atoms with Gasteiger partial charge in [0.1, 0.15) is 11.5 Å². The smallest absolute Gasteiger partial charge is 0.264 e. The van der Waals surface area contributed by atoms with Gasteiger partial charge in [-0.3, -0.25) is 14.9 Å². The molecule has 7 heteroatoms. The van der Waals surface area contributed by atoms with Crippen molar-refractivity contribution in [1.82, 2.24) is 4.98 Å². The molecule has 0 saturated carbocycles. The summed E-state index contributed by atoms with van der Waals surface area (Å²) in [5, 5.41) is 3.07. The lowest BCUT2D eigenvalue weighted by Gasteiger charge is -2.08. The number of hydrogen-bond acceptors (Lipinski definition) is 6. The van der Waals surface area contributed by atoms with Crippen LogP contribution in [0, 0.1) is 0 Å². The molecule has 29 heavy (non-hydrogen) atoms. The number of rotatable bonds is 9. The number of thiazole rings is 1. The van der Waals surface area contributed by atoms with E-state index in [9.17, 15) is 9.59 Å². The number of carbonyl (C=O) groups excluding carboxylic acids is 2. The van der Waals surface area contributed by atoms with Gasteiger partial charge in [-0.05, 0) is 30.7 Å². The fourth-order valence-electron chi connectivity index (χ4n) is 2.56. The third-order valence-electron chi connectivity index (χ3n) is 3.91. The van der Waals surface area contributed by atoms with E-state index >= 15 is 0 Å². The van der Waals surface area contributed by atoms with Crippen LogP contribution in [-0.2, 0) is 4.79 Å². The van der Waals surface area contributed by atoms with Crippen LogP contribution in [-0.4, -0.2) is 29.9 Å². The van der Waals surface area contributed by atoms with Crippen LogP contribution in [0.3, 0.4) is 0 Å². The van der Waals surface area contributed by atoms with Gasteiger partial charge in [0.25, 0.3) is 5.91 Å². The van der Waals surface area contributed by atoms with Crippen molar-refractivity contribution >= 4 is 28.2 Å². The molecular weight excluding hydrogens is 388 g/mol. The summed E-state index contributed by atoms with van der Waals surface area (Å²) in [6, 6.07) is 16.5. The second kappa shape index (κ2) is 9.84. The average Bonchev–Trinajstić information content (AvgIpc) is 3.16. The Morgan fingerprint density at radius 1 is 1.00 bits per heavy atom. The number of carbonyl (C=O) groups is 2. The monoisotopic (exact) mass is 410 g/mol. The molecule has 0 aliphatic carbocycles. The number of nitrogens with zero attached hydrogens (tertiary/aromatic N) is 1. The number of aromatic nitrogens is 1. The van der Waals surface area contributed by atoms with Crippen molar-refractivity contribution in [3.05, 3.63) is 59.5 Å². The molecule has 0 bridgehead atoms. The molecule has 1 aromatic heterocycles. The van der Waals surface area contributed by atoms with Crippen molar-refractivity contribution in [2.75, 3.05) is 18.5 Å². The lowest BCUT2D eigenvalue weighted by Crippen LogP contribution is -2.20. The fourth-order valence-corrected chi connectivity index (χ4v) is 3.46. The van der Waals surface area contributed by atoms with Gasteiger partial charge < -0.3 is 9.47 Å². The van der Waals surface area contributed by atoms with Gasteiger partial charge in [-0.2, -0.15) is 0 Å². The maximum Gasteiger partial charge on any atom is 0.264 e. The van der Waals surface area contributed by atoms with Crippen LogP contribution in [0.15, 0.2) is 54.6 Å². The van der Waals surface area contributed by atoms with E-state index in [0.717, 1.165) is 29.1 Å². The number of Topliss-reactive ketones (excluding diaryl/α,β-unsaturated/α-hetero) is 1. The van der Waals surface area contributed by atoms with E-state index in [1.807, 2.05) is 37.3 Å². The lowest BCUT2D eigenvalue weighted by molar-refractivity contribution is -0.118. The topological polar surface area (TPSA) is 77.5 Å². The minimum absolute atomic E-state index is 0.0940. The zero-order valence-electron chi connectivity index (χ0n) is 16.3. The second-order valence-corrected chi connectivity index (χ2v) is 7.27. The van der Waals surface area contributed by atoms with E-state index < -0.39 is 0 Å². The van der Waals surface area contributed by atoms with Crippen LogP contribution in [0.4, 0.5) is 5.13 Å². The van der Waals surface area contributed by atoms with Gasteiger partial charge in [0, 0.05) is 12.5 Å². The molecule has 0 atom stereocenters. The van der Waals surface area contributed by atoms with Gasteiger partial charge in [0.05, 0.1) is 17.2 Å². The first-order chi connectivity index (χ1) is 14.1. The van der Waals surface area contributed by atoms with Crippen LogP contribution in [0.1, 0.15) is 29.9 Å². The Hall–Kier alpha value is -3.19. The van der Waals surface area contributed by atoms with Crippen LogP contribution < -0.4 is 14.8 Å². The van der Waals surface area contributed by atoms with Gasteiger partial charge in [-0.15, -0.1) is 0 Å². The summed E-state index contributed by atoms with van der Waals surface area (Å²) in [7, 11) is 0. The van der Waals surface area contributed by atoms with Gasteiger partial charge in [0.15, 0.2) is 17.5 Å². The Bertz CT molecular complexity index is 968. The normalized spacial score (nSPS) is 10.4. The van der Waals surface area contributed by atoms with Crippen LogP contribution in [0.25, 0.3) is 11.3 Å². The molecule has 0 spiro atoms. The van der Waals surface area contributed by atoms with E-state index in [2.05, 4.69) is 10.3 Å². The number of ketones is 1. The summed E-state index contributed by atoms with van der Waals surface area (Å²) >= 11 is 1.16. The largest absolute Gasteiger partial charge is 0.494 e. The summed E-state index contributed by atoms with van der Waals surface area (Å²) in [4.78, 5) is 29.1. The summed E-state index contributed by atoms with van der Waals surface area (Å²) in [5.41, 5.74) is 1.40. The minimum atomic E-state index is -0.347. The molecule has 0 aliphatic rings. The first-order valence-electron chi connectivity index (χ1n) is 9.29. The fraction of sp³-hybridized carbons (Fsp3) is 0.227. The van der Waals surface area contributed by atoms with Gasteiger partial charge in [-0.1, -0.05) is 48.6 Å². The quantitative estimate of drug-likeness (QED) is 0.512. The Morgan fingerprint density at radius 2 is 1.66 bits per heavy atom. The summed E-state index contributed by atoms with van der Waals surface area (Å²) in [6.45, 7) is 4.03. The zero-order chi connectivity index (χ0) is 20.6. The van der Waals surface area contributed by atoms with Gasteiger partial charge in [0.2, 0.25) is 0 Å². The van der Waals surface area contributed by atoms with E-state index in [4.69, 9.17) is 9.47 Å². The molecule has 0 aliphatic heterocycles. The Labute approximate surface area is 173 Å². The highest BCUT2D eigenvalue weighted by Gasteiger charge is 2.18. The van der Waals surface area contributed by atoms with E-state index in [0.29, 0.717) is 28.1 Å². The molecule has 0 saturated heterocycles. The molecule has 0 fully saturated rings. The van der Waals surface area contributed by atoms with Crippen LogP contribution in [0.2, 0.25) is 0 Å². The average molecular weight is 410 g/mol. The van der Waals surface area contributed by atoms with Crippen molar-refractivity contribution in [3.8, 4) is 22.8 Å². The predicted molar refractivity (Wildman–Crippen MR) is 114 cm³/mol. The third kappa shape index (κ3) is 5.65. The zero-order valence-corrected chi connectivity index (χ0v) is 17.1. The first-order valence-corrected chi connectivity index (χ1v) is 10.1. The first kappa shape index (κ1) is 20.5. The molecule has 1 heterocycles. The highest BCUT2D eigenvalue weighted by molar-refractivity contribution is 7.18. The Balaban J connectivity index is 1.61. The lowest BCUT2D eigenvalue weighted by atomic mass is 10.1. The molecule has 0 radical (unpaired) electrons. The molecule has 3 aromatic rings. The van der Waals surface area contributed by atoms with E-state index in [1.165, 1.54) is 6.92 Å². The molecular formula is C22H22N2O4S. The third-order valence-corrected chi connectivity index (χ3v) is 4.98. The van der Waals surface area contributed by atoms with Crippen molar-refractivity contribution < 1.29 is 19.1 Å². The van der Waals surface area contributed by atoms with Gasteiger partial charge >= 0.3 is 0 Å². The van der Waals surface area contributed by atoms with Crippen molar-refractivity contribution in [2.24, 2.45) is 0 Å². The van der Waals surface area contributed by atoms with Crippen LogP contribution >= 0.6 is 11.3 Å². The molecule has 1 amide bonds. The summed E-state index contributed by atoms with van der Waals surface area (Å²) in [5.74, 6) is 0.887. The molecule has 6 nitrogen and oxygen atoms in total. The number of anilines is 1. The second-order valence-electron chi connectivity index (χ2n) is 6.28. The number of hydrogen-bond donors (Lipinski definition) is 1.